The van der Waals surface area contributed by atoms with Gasteiger partial charge in [0.2, 0.25) is 0 Å². The third kappa shape index (κ3) is 5.96. The monoisotopic (exact) mass is 564 g/mol. The third-order valence-electron chi connectivity index (χ3n) is 6.85. The van der Waals surface area contributed by atoms with Gasteiger partial charge in [-0.05, 0) is 97.8 Å². The Labute approximate surface area is 234 Å². The van der Waals surface area contributed by atoms with Gasteiger partial charge in [-0.15, -0.1) is 0 Å². The Morgan fingerprint density at radius 2 is 1.20 bits per heavy atom. The molecular formula is C31H27F3N2O5. The van der Waals surface area contributed by atoms with Crippen LogP contribution in [0.5, 0.6) is 23.0 Å². The van der Waals surface area contributed by atoms with Crippen LogP contribution in [-0.4, -0.2) is 35.1 Å². The molecule has 0 bridgehead atoms. The summed E-state index contributed by atoms with van der Waals surface area (Å²) in [5, 5.41) is 25.9. The van der Waals surface area contributed by atoms with Gasteiger partial charge in [0.15, 0.2) is 5.78 Å². The van der Waals surface area contributed by atoms with Crippen LogP contribution in [0, 0.1) is 0 Å². The quantitative estimate of drug-likeness (QED) is 0.133. The van der Waals surface area contributed by atoms with E-state index >= 15 is 0 Å². The SMILES string of the molecule is CNc1ccc(C(C)(c2ccc(NC(=O)c3ccc(Oc4ccc(C(C)=O)cc4)cc3)c(O)c2)C(F)(F)F)cc1O. The molecule has 0 aliphatic rings. The average Bonchev–Trinajstić information content (AvgIpc) is 2.93. The summed E-state index contributed by atoms with van der Waals surface area (Å²) in [7, 11) is 1.53. The Morgan fingerprint density at radius 3 is 1.61 bits per heavy atom. The number of ether oxygens (including phenoxy) is 1. The van der Waals surface area contributed by atoms with Crippen LogP contribution in [0.3, 0.4) is 0 Å². The molecule has 4 aromatic rings. The number of aromatic hydroxyl groups is 2. The van der Waals surface area contributed by atoms with Gasteiger partial charge in [-0.3, -0.25) is 9.59 Å². The molecule has 1 atom stereocenters. The van der Waals surface area contributed by atoms with Gasteiger partial charge < -0.3 is 25.6 Å². The second-order valence-corrected chi connectivity index (χ2v) is 9.50. The molecule has 1 unspecified atom stereocenters. The standard InChI is InChI=1S/C31H27F3N2O5/c1-18(37)19-4-10-23(11-5-19)41-24-12-6-20(7-13-24)29(40)36-26-15-9-22(17-28(26)39)30(2,31(32,33)34)21-8-14-25(35-3)27(38)16-21/h4-17,35,38-39H,1-3H3,(H,36,40). The number of nitrogens with one attached hydrogen (secondary N) is 2. The van der Waals surface area contributed by atoms with Gasteiger partial charge in [-0.2, -0.15) is 13.2 Å². The number of halogens is 3. The van der Waals surface area contributed by atoms with E-state index in [0.29, 0.717) is 17.1 Å². The minimum atomic E-state index is -4.78. The Hall–Kier alpha value is -4.99. The molecule has 0 aromatic heterocycles. The van der Waals surface area contributed by atoms with Crippen molar-refractivity contribution in [3.8, 4) is 23.0 Å². The second kappa shape index (κ2) is 11.2. The molecule has 10 heteroatoms. The molecule has 0 saturated heterocycles. The molecule has 4 aromatic carbocycles. The van der Waals surface area contributed by atoms with Crippen LogP contribution in [0.15, 0.2) is 84.9 Å². The number of phenolic OH excluding ortho intramolecular Hbond substituents is 2. The molecular weight excluding hydrogens is 537 g/mol. The fourth-order valence-corrected chi connectivity index (χ4v) is 4.26. The van der Waals surface area contributed by atoms with Crippen molar-refractivity contribution < 1.29 is 37.7 Å². The molecule has 0 fully saturated rings. The maximum absolute atomic E-state index is 14.4. The minimum absolute atomic E-state index is 0.0679. The van der Waals surface area contributed by atoms with Gasteiger partial charge in [0, 0.05) is 18.2 Å². The summed E-state index contributed by atoms with van der Waals surface area (Å²) in [5.41, 5.74) is -2.13. The van der Waals surface area contributed by atoms with Crippen molar-refractivity contribution in [3.05, 3.63) is 107 Å². The maximum atomic E-state index is 14.4. The van der Waals surface area contributed by atoms with Gasteiger partial charge in [-0.25, -0.2) is 0 Å². The number of alkyl halides is 3. The van der Waals surface area contributed by atoms with E-state index in [0.717, 1.165) is 19.1 Å². The maximum Gasteiger partial charge on any atom is 0.402 e. The zero-order chi connectivity index (χ0) is 29.9. The largest absolute Gasteiger partial charge is 0.506 e. The van der Waals surface area contributed by atoms with Gasteiger partial charge in [0.25, 0.3) is 5.91 Å². The third-order valence-corrected chi connectivity index (χ3v) is 6.85. The fraction of sp³-hybridized carbons (Fsp3) is 0.161. The van der Waals surface area contributed by atoms with Crippen LogP contribution in [0.2, 0.25) is 0 Å². The second-order valence-electron chi connectivity index (χ2n) is 9.50. The van der Waals surface area contributed by atoms with Gasteiger partial charge >= 0.3 is 6.18 Å². The molecule has 0 aliphatic carbocycles. The van der Waals surface area contributed by atoms with E-state index in [9.17, 15) is 33.0 Å². The Balaban J connectivity index is 1.52. The average molecular weight is 565 g/mol. The lowest BCUT2D eigenvalue weighted by molar-refractivity contribution is -0.173. The summed E-state index contributed by atoms with van der Waals surface area (Å²) in [6.45, 7) is 2.42. The Morgan fingerprint density at radius 1 is 0.732 bits per heavy atom. The summed E-state index contributed by atoms with van der Waals surface area (Å²) >= 11 is 0. The number of hydrogen-bond donors (Lipinski definition) is 4. The molecule has 0 spiro atoms. The summed E-state index contributed by atoms with van der Waals surface area (Å²) in [6, 6.07) is 19.6. The van der Waals surface area contributed by atoms with E-state index in [1.165, 1.54) is 50.4 Å². The molecule has 7 nitrogen and oxygen atoms in total. The van der Waals surface area contributed by atoms with E-state index < -0.39 is 23.2 Å². The number of phenols is 2. The number of hydrogen-bond acceptors (Lipinski definition) is 6. The number of benzene rings is 4. The first-order valence-corrected chi connectivity index (χ1v) is 12.4. The number of amides is 1. The highest BCUT2D eigenvalue weighted by Gasteiger charge is 2.53. The molecule has 0 aliphatic heterocycles. The predicted molar refractivity (Wildman–Crippen MR) is 149 cm³/mol. The van der Waals surface area contributed by atoms with Crippen molar-refractivity contribution in [1.82, 2.24) is 0 Å². The summed E-state index contributed by atoms with van der Waals surface area (Å²) in [4.78, 5) is 24.2. The van der Waals surface area contributed by atoms with Crippen molar-refractivity contribution >= 4 is 23.1 Å². The van der Waals surface area contributed by atoms with Crippen molar-refractivity contribution in [2.45, 2.75) is 25.4 Å². The van der Waals surface area contributed by atoms with Crippen molar-refractivity contribution in [2.24, 2.45) is 0 Å². The minimum Gasteiger partial charge on any atom is -0.506 e. The number of ketones is 1. The highest BCUT2D eigenvalue weighted by molar-refractivity contribution is 6.05. The van der Waals surface area contributed by atoms with E-state index in [1.807, 2.05) is 0 Å². The molecule has 0 radical (unpaired) electrons. The van der Waals surface area contributed by atoms with Crippen LogP contribution < -0.4 is 15.4 Å². The summed E-state index contributed by atoms with van der Waals surface area (Å²) in [5.74, 6) is -0.647. The molecule has 0 heterocycles. The highest BCUT2D eigenvalue weighted by Crippen LogP contribution is 2.48. The lowest BCUT2D eigenvalue weighted by Crippen LogP contribution is -2.40. The lowest BCUT2D eigenvalue weighted by Gasteiger charge is -2.33. The van der Waals surface area contributed by atoms with Crippen LogP contribution in [0.1, 0.15) is 45.7 Å². The van der Waals surface area contributed by atoms with Crippen LogP contribution >= 0.6 is 0 Å². The normalized spacial score (nSPS) is 12.7. The number of carbonyl (C=O) groups is 2. The topological polar surface area (TPSA) is 108 Å². The van der Waals surface area contributed by atoms with Crippen LogP contribution in [-0.2, 0) is 5.41 Å². The van der Waals surface area contributed by atoms with Gasteiger partial charge in [-0.1, -0.05) is 12.1 Å². The van der Waals surface area contributed by atoms with E-state index in [1.54, 1.807) is 36.4 Å². The smallest absolute Gasteiger partial charge is 0.402 e. The number of anilines is 2. The van der Waals surface area contributed by atoms with E-state index in [-0.39, 0.29) is 39.6 Å². The first-order chi connectivity index (χ1) is 19.3. The van der Waals surface area contributed by atoms with E-state index in [2.05, 4.69) is 10.6 Å². The van der Waals surface area contributed by atoms with Gasteiger partial charge in [0.05, 0.1) is 11.4 Å². The Kier molecular flexibility index (Phi) is 7.95. The predicted octanol–water partition coefficient (Wildman–Crippen LogP) is 7.26. The molecule has 1 amide bonds. The number of rotatable bonds is 8. The molecule has 4 N–H and O–H groups in total. The zero-order valence-electron chi connectivity index (χ0n) is 22.3. The van der Waals surface area contributed by atoms with E-state index in [4.69, 9.17) is 4.74 Å². The van der Waals surface area contributed by atoms with Crippen LogP contribution in [0.4, 0.5) is 24.5 Å². The van der Waals surface area contributed by atoms with Crippen LogP contribution in [0.25, 0.3) is 0 Å². The highest BCUT2D eigenvalue weighted by atomic mass is 19.4. The summed E-state index contributed by atoms with van der Waals surface area (Å²) < 4.78 is 48.9. The lowest BCUT2D eigenvalue weighted by atomic mass is 9.75. The fourth-order valence-electron chi connectivity index (χ4n) is 4.26. The van der Waals surface area contributed by atoms with Gasteiger partial charge in [0.1, 0.15) is 28.4 Å². The number of Topliss-reactive ketones (excluding diaryl/α,β-unsaturated/α-hetero) is 1. The molecule has 212 valence electrons. The number of carbonyl (C=O) groups excluding carboxylic acids is 2. The summed E-state index contributed by atoms with van der Waals surface area (Å²) in [6.07, 6.45) is -4.78. The van der Waals surface area contributed by atoms with Crippen molar-refractivity contribution in [2.75, 3.05) is 17.7 Å². The Bertz CT molecular complexity index is 1590. The first-order valence-electron chi connectivity index (χ1n) is 12.4. The molecule has 41 heavy (non-hydrogen) atoms. The molecule has 0 saturated carbocycles. The first kappa shape index (κ1) is 29.0. The van der Waals surface area contributed by atoms with Crippen molar-refractivity contribution in [1.29, 1.82) is 0 Å². The molecule has 4 rings (SSSR count). The van der Waals surface area contributed by atoms with Crippen molar-refractivity contribution in [3.63, 3.8) is 0 Å². The zero-order valence-corrected chi connectivity index (χ0v) is 22.3.